The molecule has 0 spiro atoms. The quantitative estimate of drug-likeness (QED) is 0.793. The Morgan fingerprint density at radius 1 is 1.19 bits per heavy atom. The molecule has 0 bridgehead atoms. The molecular weight excluding hydrogens is 196 g/mol. The fourth-order valence-corrected chi connectivity index (χ4v) is 1.99. The molecule has 0 aliphatic rings. The summed E-state index contributed by atoms with van der Waals surface area (Å²) < 4.78 is 0. The molecule has 0 radical (unpaired) electrons. The molecule has 90 valence electrons. The normalized spacial score (nSPS) is 15.1. The first-order valence-corrected chi connectivity index (χ1v) is 6.19. The highest BCUT2D eigenvalue weighted by molar-refractivity contribution is 5.20. The molecule has 1 aromatic carbocycles. The van der Waals surface area contributed by atoms with Crippen LogP contribution in [-0.4, -0.2) is 31.1 Å². The van der Waals surface area contributed by atoms with Gasteiger partial charge in [-0.15, -0.1) is 0 Å². The van der Waals surface area contributed by atoms with Crippen LogP contribution in [0.5, 0.6) is 0 Å². The first kappa shape index (κ1) is 13.2. The minimum atomic E-state index is 0.413. The number of benzene rings is 1. The summed E-state index contributed by atoms with van der Waals surface area (Å²) in [4.78, 5) is 2.38. The van der Waals surface area contributed by atoms with Gasteiger partial charge >= 0.3 is 0 Å². The van der Waals surface area contributed by atoms with E-state index < -0.39 is 0 Å². The van der Waals surface area contributed by atoms with E-state index >= 15 is 0 Å². The monoisotopic (exact) mass is 220 g/mol. The van der Waals surface area contributed by atoms with Crippen LogP contribution >= 0.6 is 0 Å². The maximum Gasteiger partial charge on any atom is 0.0475 e. The van der Waals surface area contributed by atoms with Crippen LogP contribution in [0.2, 0.25) is 0 Å². The molecule has 0 amide bonds. The number of nitrogens with zero attached hydrogens (tertiary/aromatic N) is 1. The predicted molar refractivity (Wildman–Crippen MR) is 70.6 cm³/mol. The molecule has 0 aromatic heterocycles. The molecule has 1 N–H and O–H groups in total. The Morgan fingerprint density at radius 2 is 1.81 bits per heavy atom. The molecule has 2 unspecified atom stereocenters. The molecule has 0 aliphatic heterocycles. The Kier molecular flexibility index (Phi) is 5.50. The highest BCUT2D eigenvalue weighted by Gasteiger charge is 2.20. The summed E-state index contributed by atoms with van der Waals surface area (Å²) in [7, 11) is 2.18. The number of hydrogen-bond donors (Lipinski definition) is 1. The lowest BCUT2D eigenvalue weighted by atomic mass is 9.99. The minimum absolute atomic E-state index is 0.413. The predicted octanol–water partition coefficient (Wildman–Crippen LogP) is 2.68. The zero-order chi connectivity index (χ0) is 12.0. The van der Waals surface area contributed by atoms with Gasteiger partial charge in [-0.2, -0.15) is 0 Å². The van der Waals surface area contributed by atoms with Gasteiger partial charge in [-0.05, 0) is 32.6 Å². The fraction of sp³-hybridized carbons (Fsp3) is 0.571. The van der Waals surface area contributed by atoms with Crippen molar-refractivity contribution in [1.29, 1.82) is 0 Å². The van der Waals surface area contributed by atoms with Crippen LogP contribution in [0.25, 0.3) is 0 Å². The van der Waals surface area contributed by atoms with E-state index in [1.807, 2.05) is 0 Å². The Bertz CT molecular complexity index is 284. The molecule has 0 saturated carbocycles. The molecule has 16 heavy (non-hydrogen) atoms. The van der Waals surface area contributed by atoms with E-state index in [0.717, 1.165) is 13.1 Å². The van der Waals surface area contributed by atoms with Crippen LogP contribution in [0.4, 0.5) is 0 Å². The molecule has 1 aromatic rings. The number of rotatable bonds is 6. The van der Waals surface area contributed by atoms with E-state index in [1.54, 1.807) is 0 Å². The second-order valence-corrected chi connectivity index (χ2v) is 4.26. The van der Waals surface area contributed by atoms with Crippen LogP contribution in [0.1, 0.15) is 32.4 Å². The summed E-state index contributed by atoms with van der Waals surface area (Å²) >= 11 is 0. The summed E-state index contributed by atoms with van der Waals surface area (Å²) in [5, 5.41) is 3.57. The standard InChI is InChI=1S/C14H24N2/c1-5-15-14(12(3)16(4)6-2)13-10-8-7-9-11-13/h7-12,14-15H,5-6H2,1-4H3. The average molecular weight is 220 g/mol. The van der Waals surface area contributed by atoms with E-state index in [4.69, 9.17) is 0 Å². The van der Waals surface area contributed by atoms with Gasteiger partial charge in [0.25, 0.3) is 0 Å². The van der Waals surface area contributed by atoms with Gasteiger partial charge in [-0.1, -0.05) is 44.2 Å². The van der Waals surface area contributed by atoms with Crippen molar-refractivity contribution in [2.45, 2.75) is 32.9 Å². The van der Waals surface area contributed by atoms with Crippen molar-refractivity contribution in [3.05, 3.63) is 35.9 Å². The minimum Gasteiger partial charge on any atom is -0.309 e. The van der Waals surface area contributed by atoms with Gasteiger partial charge in [-0.3, -0.25) is 0 Å². The second-order valence-electron chi connectivity index (χ2n) is 4.26. The Balaban J connectivity index is 2.82. The summed E-state index contributed by atoms with van der Waals surface area (Å²) in [5.74, 6) is 0. The van der Waals surface area contributed by atoms with Crippen molar-refractivity contribution in [2.75, 3.05) is 20.1 Å². The SMILES string of the molecule is CCNC(c1ccccc1)C(C)N(C)CC. The molecule has 2 nitrogen and oxygen atoms in total. The maximum atomic E-state index is 3.57. The third kappa shape index (κ3) is 3.32. The van der Waals surface area contributed by atoms with E-state index in [-0.39, 0.29) is 0 Å². The first-order valence-electron chi connectivity index (χ1n) is 6.19. The lowest BCUT2D eigenvalue weighted by Gasteiger charge is -2.32. The largest absolute Gasteiger partial charge is 0.309 e. The van der Waals surface area contributed by atoms with Crippen LogP contribution < -0.4 is 5.32 Å². The fourth-order valence-electron chi connectivity index (χ4n) is 1.99. The van der Waals surface area contributed by atoms with Gasteiger partial charge in [-0.25, -0.2) is 0 Å². The van der Waals surface area contributed by atoms with E-state index in [9.17, 15) is 0 Å². The van der Waals surface area contributed by atoms with Crippen LogP contribution in [0.3, 0.4) is 0 Å². The molecule has 0 aliphatic carbocycles. The molecule has 2 heteroatoms. The maximum absolute atomic E-state index is 3.57. The Hall–Kier alpha value is -0.860. The third-order valence-corrected chi connectivity index (χ3v) is 3.26. The molecule has 0 fully saturated rings. The van der Waals surface area contributed by atoms with Crippen molar-refractivity contribution in [2.24, 2.45) is 0 Å². The topological polar surface area (TPSA) is 15.3 Å². The highest BCUT2D eigenvalue weighted by Crippen LogP contribution is 2.19. The molecule has 0 saturated heterocycles. The summed E-state index contributed by atoms with van der Waals surface area (Å²) in [6.07, 6.45) is 0. The summed E-state index contributed by atoms with van der Waals surface area (Å²) in [6, 6.07) is 11.6. The average Bonchev–Trinajstić information content (AvgIpc) is 2.35. The van der Waals surface area contributed by atoms with Crippen molar-refractivity contribution in [1.82, 2.24) is 10.2 Å². The third-order valence-electron chi connectivity index (χ3n) is 3.26. The van der Waals surface area contributed by atoms with Gasteiger partial charge in [0.05, 0.1) is 0 Å². The Morgan fingerprint density at radius 3 is 2.31 bits per heavy atom. The molecule has 0 heterocycles. The van der Waals surface area contributed by atoms with Crippen molar-refractivity contribution < 1.29 is 0 Å². The number of hydrogen-bond acceptors (Lipinski definition) is 2. The molecule has 2 atom stereocenters. The van der Waals surface area contributed by atoms with Crippen LogP contribution in [-0.2, 0) is 0 Å². The molecule has 1 rings (SSSR count). The van der Waals surface area contributed by atoms with Gasteiger partial charge in [0, 0.05) is 12.1 Å². The summed E-state index contributed by atoms with van der Waals surface area (Å²) in [5.41, 5.74) is 1.37. The van der Waals surface area contributed by atoms with Gasteiger partial charge in [0.2, 0.25) is 0 Å². The van der Waals surface area contributed by atoms with Gasteiger partial charge in [0.15, 0.2) is 0 Å². The summed E-state index contributed by atoms with van der Waals surface area (Å²) in [6.45, 7) is 8.72. The van der Waals surface area contributed by atoms with E-state index in [2.05, 4.69) is 68.4 Å². The zero-order valence-electron chi connectivity index (χ0n) is 10.9. The number of nitrogens with one attached hydrogen (secondary N) is 1. The van der Waals surface area contributed by atoms with Crippen molar-refractivity contribution in [3.8, 4) is 0 Å². The zero-order valence-corrected chi connectivity index (χ0v) is 10.9. The van der Waals surface area contributed by atoms with E-state index in [1.165, 1.54) is 5.56 Å². The Labute approximate surface area is 99.7 Å². The van der Waals surface area contributed by atoms with Gasteiger partial charge < -0.3 is 10.2 Å². The van der Waals surface area contributed by atoms with Crippen LogP contribution in [0.15, 0.2) is 30.3 Å². The van der Waals surface area contributed by atoms with E-state index in [0.29, 0.717) is 12.1 Å². The smallest absolute Gasteiger partial charge is 0.0475 e. The van der Waals surface area contributed by atoms with Crippen molar-refractivity contribution >= 4 is 0 Å². The van der Waals surface area contributed by atoms with Gasteiger partial charge in [0.1, 0.15) is 0 Å². The van der Waals surface area contributed by atoms with Crippen molar-refractivity contribution in [3.63, 3.8) is 0 Å². The van der Waals surface area contributed by atoms with Crippen LogP contribution in [0, 0.1) is 0 Å². The first-order chi connectivity index (χ1) is 7.70. The number of likely N-dealkylation sites (N-methyl/N-ethyl adjacent to an activating group) is 2. The lowest BCUT2D eigenvalue weighted by Crippen LogP contribution is -2.40. The highest BCUT2D eigenvalue weighted by atomic mass is 15.2. The lowest BCUT2D eigenvalue weighted by molar-refractivity contribution is 0.217. The second kappa shape index (κ2) is 6.66. The molecular formula is C14H24N2.